The summed E-state index contributed by atoms with van der Waals surface area (Å²) in [6.45, 7) is 2.60. The Balaban J connectivity index is 2.51. The minimum atomic E-state index is -0.852. The van der Waals surface area contributed by atoms with Crippen LogP contribution in [0.15, 0.2) is 24.3 Å². The Kier molecular flexibility index (Phi) is 6.86. The van der Waals surface area contributed by atoms with Crippen molar-refractivity contribution >= 4 is 16.7 Å². The van der Waals surface area contributed by atoms with Gasteiger partial charge in [0.15, 0.2) is 0 Å². The standard InChI is InChI=1S/C14H18N2O2S/c1-2-19(18)11-10-16-14(17)13-7-5-12(6-8-13)4-3-9-15/h5-8H,2,9-11,15H2,1H3,(H,16,17). The summed E-state index contributed by atoms with van der Waals surface area (Å²) in [5.74, 6) is 6.58. The normalized spacial score (nSPS) is 11.3. The summed E-state index contributed by atoms with van der Waals surface area (Å²) >= 11 is 0. The molecule has 1 rings (SSSR count). The summed E-state index contributed by atoms with van der Waals surface area (Å²) in [6, 6.07) is 6.99. The minimum Gasteiger partial charge on any atom is -0.351 e. The van der Waals surface area contributed by atoms with E-state index in [4.69, 9.17) is 5.73 Å². The number of amides is 1. The van der Waals surface area contributed by atoms with Gasteiger partial charge in [-0.2, -0.15) is 0 Å². The Morgan fingerprint density at radius 2 is 2.05 bits per heavy atom. The molecule has 0 spiro atoms. The molecule has 102 valence electrons. The molecule has 0 aliphatic heterocycles. The molecule has 0 aliphatic carbocycles. The second-order valence-corrected chi connectivity index (χ2v) is 5.64. The van der Waals surface area contributed by atoms with Crippen molar-refractivity contribution in [3.8, 4) is 11.8 Å². The zero-order chi connectivity index (χ0) is 14.1. The first-order chi connectivity index (χ1) is 9.17. The minimum absolute atomic E-state index is 0.161. The third kappa shape index (κ3) is 5.69. The average molecular weight is 278 g/mol. The van der Waals surface area contributed by atoms with Crippen LogP contribution in [0.2, 0.25) is 0 Å². The number of rotatable bonds is 5. The summed E-state index contributed by atoms with van der Waals surface area (Å²) in [5, 5.41) is 2.74. The first-order valence-electron chi connectivity index (χ1n) is 6.09. The van der Waals surface area contributed by atoms with E-state index in [9.17, 15) is 9.00 Å². The molecule has 0 radical (unpaired) electrons. The number of hydrogen-bond acceptors (Lipinski definition) is 3. The molecule has 0 aromatic heterocycles. The third-order valence-electron chi connectivity index (χ3n) is 2.42. The van der Waals surface area contributed by atoms with E-state index in [1.165, 1.54) is 0 Å². The topological polar surface area (TPSA) is 72.2 Å². The van der Waals surface area contributed by atoms with Crippen LogP contribution in [0.25, 0.3) is 0 Å². The molecule has 1 unspecified atom stereocenters. The van der Waals surface area contributed by atoms with Gasteiger partial charge in [-0.3, -0.25) is 9.00 Å². The van der Waals surface area contributed by atoms with E-state index in [0.29, 0.717) is 30.2 Å². The Bertz CT molecular complexity index is 500. The lowest BCUT2D eigenvalue weighted by Crippen LogP contribution is -2.27. The first kappa shape index (κ1) is 15.4. The Hall–Kier alpha value is -1.64. The first-order valence-corrected chi connectivity index (χ1v) is 7.58. The number of hydrogen-bond donors (Lipinski definition) is 2. The van der Waals surface area contributed by atoms with Crippen LogP contribution in [0.5, 0.6) is 0 Å². The SMILES string of the molecule is CCS(=O)CCNC(=O)c1ccc(C#CCN)cc1. The molecule has 0 saturated carbocycles. The van der Waals surface area contributed by atoms with Gasteiger partial charge in [-0.05, 0) is 24.3 Å². The third-order valence-corrected chi connectivity index (χ3v) is 3.72. The highest BCUT2D eigenvalue weighted by molar-refractivity contribution is 7.84. The van der Waals surface area contributed by atoms with Crippen LogP contribution in [0.3, 0.4) is 0 Å². The highest BCUT2D eigenvalue weighted by Gasteiger charge is 2.05. The summed E-state index contributed by atoms with van der Waals surface area (Å²) in [5.41, 5.74) is 6.68. The van der Waals surface area contributed by atoms with E-state index in [-0.39, 0.29) is 5.91 Å². The molecule has 1 aromatic carbocycles. The molecule has 0 saturated heterocycles. The van der Waals surface area contributed by atoms with Crippen LogP contribution in [-0.4, -0.2) is 34.7 Å². The Labute approximate surface area is 116 Å². The molecule has 3 N–H and O–H groups in total. The van der Waals surface area contributed by atoms with Crippen LogP contribution in [-0.2, 0) is 10.8 Å². The van der Waals surface area contributed by atoms with Crippen molar-refractivity contribution in [3.05, 3.63) is 35.4 Å². The fraction of sp³-hybridized carbons (Fsp3) is 0.357. The van der Waals surface area contributed by atoms with E-state index in [1.54, 1.807) is 24.3 Å². The van der Waals surface area contributed by atoms with Crippen molar-refractivity contribution in [2.24, 2.45) is 5.73 Å². The lowest BCUT2D eigenvalue weighted by molar-refractivity contribution is 0.0956. The van der Waals surface area contributed by atoms with E-state index in [2.05, 4.69) is 17.2 Å². The van der Waals surface area contributed by atoms with Crippen LogP contribution in [0.4, 0.5) is 0 Å². The van der Waals surface area contributed by atoms with Crippen LogP contribution >= 0.6 is 0 Å². The molecule has 0 heterocycles. The second kappa shape index (κ2) is 8.46. The lowest BCUT2D eigenvalue weighted by Gasteiger charge is -2.04. The zero-order valence-electron chi connectivity index (χ0n) is 10.9. The highest BCUT2D eigenvalue weighted by Crippen LogP contribution is 2.03. The van der Waals surface area contributed by atoms with Crippen molar-refractivity contribution in [1.29, 1.82) is 0 Å². The Morgan fingerprint density at radius 3 is 2.63 bits per heavy atom. The van der Waals surface area contributed by atoms with Gasteiger partial charge >= 0.3 is 0 Å². The quantitative estimate of drug-likeness (QED) is 0.770. The highest BCUT2D eigenvalue weighted by atomic mass is 32.2. The molecule has 1 aromatic rings. The number of nitrogens with one attached hydrogen (secondary N) is 1. The van der Waals surface area contributed by atoms with Crippen LogP contribution < -0.4 is 11.1 Å². The van der Waals surface area contributed by atoms with Gasteiger partial charge in [0.05, 0.1) is 6.54 Å². The van der Waals surface area contributed by atoms with Gasteiger partial charge in [0.1, 0.15) is 0 Å². The maximum Gasteiger partial charge on any atom is 0.251 e. The molecular formula is C14H18N2O2S. The van der Waals surface area contributed by atoms with Crippen molar-refractivity contribution in [3.63, 3.8) is 0 Å². The maximum atomic E-state index is 11.8. The largest absolute Gasteiger partial charge is 0.351 e. The van der Waals surface area contributed by atoms with Crippen LogP contribution in [0.1, 0.15) is 22.8 Å². The number of benzene rings is 1. The van der Waals surface area contributed by atoms with Gasteiger partial charge < -0.3 is 11.1 Å². The van der Waals surface area contributed by atoms with E-state index >= 15 is 0 Å². The van der Waals surface area contributed by atoms with Crippen molar-refractivity contribution in [2.45, 2.75) is 6.92 Å². The second-order valence-electron chi connectivity index (χ2n) is 3.77. The van der Waals surface area contributed by atoms with Crippen molar-refractivity contribution in [1.82, 2.24) is 5.32 Å². The molecule has 19 heavy (non-hydrogen) atoms. The zero-order valence-corrected chi connectivity index (χ0v) is 11.8. The summed E-state index contributed by atoms with van der Waals surface area (Å²) in [6.07, 6.45) is 0. The van der Waals surface area contributed by atoms with Gasteiger partial charge in [0.2, 0.25) is 0 Å². The predicted molar refractivity (Wildman–Crippen MR) is 78.3 cm³/mol. The summed E-state index contributed by atoms with van der Waals surface area (Å²) in [4.78, 5) is 11.8. The smallest absolute Gasteiger partial charge is 0.251 e. The van der Waals surface area contributed by atoms with E-state index in [0.717, 1.165) is 5.56 Å². The van der Waals surface area contributed by atoms with E-state index in [1.807, 2.05) is 6.92 Å². The van der Waals surface area contributed by atoms with Gasteiger partial charge in [-0.1, -0.05) is 18.8 Å². The molecular weight excluding hydrogens is 260 g/mol. The van der Waals surface area contributed by atoms with Gasteiger partial charge in [0.25, 0.3) is 5.91 Å². The van der Waals surface area contributed by atoms with Crippen molar-refractivity contribution < 1.29 is 9.00 Å². The molecule has 5 heteroatoms. The molecule has 1 atom stereocenters. The van der Waals surface area contributed by atoms with E-state index < -0.39 is 10.8 Å². The maximum absolute atomic E-state index is 11.8. The fourth-order valence-corrected chi connectivity index (χ4v) is 2.00. The number of carbonyl (C=O) groups excluding carboxylic acids is 1. The Morgan fingerprint density at radius 1 is 1.37 bits per heavy atom. The van der Waals surface area contributed by atoms with Crippen LogP contribution in [0, 0.1) is 11.8 Å². The molecule has 1 amide bonds. The molecule has 4 nitrogen and oxygen atoms in total. The van der Waals surface area contributed by atoms with Gasteiger partial charge in [0, 0.05) is 40.0 Å². The monoisotopic (exact) mass is 278 g/mol. The molecule has 0 bridgehead atoms. The van der Waals surface area contributed by atoms with Crippen molar-refractivity contribution in [2.75, 3.05) is 24.6 Å². The molecule has 0 fully saturated rings. The lowest BCUT2D eigenvalue weighted by atomic mass is 10.1. The average Bonchev–Trinajstić information content (AvgIpc) is 2.45. The summed E-state index contributed by atoms with van der Waals surface area (Å²) in [7, 11) is -0.852. The number of nitrogens with two attached hydrogens (primary N) is 1. The summed E-state index contributed by atoms with van der Waals surface area (Å²) < 4.78 is 11.2. The van der Waals surface area contributed by atoms with Gasteiger partial charge in [-0.25, -0.2) is 0 Å². The van der Waals surface area contributed by atoms with Gasteiger partial charge in [-0.15, -0.1) is 0 Å². The fourth-order valence-electron chi connectivity index (χ4n) is 1.38. The molecule has 0 aliphatic rings. The number of carbonyl (C=O) groups is 1. The predicted octanol–water partition coefficient (Wildman–Crippen LogP) is 0.495.